The molecular formula is C21H26FIN4O2. The van der Waals surface area contributed by atoms with E-state index in [0.717, 1.165) is 24.4 Å². The SMILES string of the molecule is CN=C(NCC1(c2ccccc2F)CC1)N1CCN(C(=O)c2ccco2)CC1.I. The van der Waals surface area contributed by atoms with Crippen LogP contribution in [0.1, 0.15) is 29.0 Å². The molecule has 8 heteroatoms. The van der Waals surface area contributed by atoms with Gasteiger partial charge in [0.15, 0.2) is 11.7 Å². The Bertz CT molecular complexity index is 859. The number of piperazine rings is 1. The Kier molecular flexibility index (Phi) is 6.81. The molecule has 2 aromatic rings. The summed E-state index contributed by atoms with van der Waals surface area (Å²) in [6, 6.07) is 10.4. The number of furan rings is 1. The number of aliphatic imine (C=N–C) groups is 1. The normalized spacial score (nSPS) is 18.2. The minimum Gasteiger partial charge on any atom is -0.459 e. The van der Waals surface area contributed by atoms with Gasteiger partial charge < -0.3 is 19.5 Å². The second kappa shape index (κ2) is 9.15. The topological polar surface area (TPSA) is 61.1 Å². The number of carbonyl (C=O) groups is 1. The lowest BCUT2D eigenvalue weighted by atomic mass is 9.95. The van der Waals surface area contributed by atoms with E-state index < -0.39 is 0 Å². The first-order chi connectivity index (χ1) is 13.6. The molecule has 0 spiro atoms. The van der Waals surface area contributed by atoms with Gasteiger partial charge in [-0.25, -0.2) is 4.39 Å². The van der Waals surface area contributed by atoms with Crippen LogP contribution in [0, 0.1) is 5.82 Å². The molecule has 0 radical (unpaired) electrons. The molecule has 2 aliphatic rings. The van der Waals surface area contributed by atoms with Crippen molar-refractivity contribution in [3.05, 3.63) is 59.8 Å². The number of amides is 1. The fourth-order valence-corrected chi connectivity index (χ4v) is 3.84. The number of nitrogens with zero attached hydrogens (tertiary/aromatic N) is 3. The Balaban J connectivity index is 0.00000240. The molecule has 1 amide bonds. The highest BCUT2D eigenvalue weighted by molar-refractivity contribution is 14.0. The molecule has 1 aliphatic carbocycles. The first-order valence-corrected chi connectivity index (χ1v) is 9.66. The van der Waals surface area contributed by atoms with Gasteiger partial charge in [-0.1, -0.05) is 18.2 Å². The first-order valence-electron chi connectivity index (χ1n) is 9.66. The Morgan fingerprint density at radius 1 is 1.14 bits per heavy atom. The summed E-state index contributed by atoms with van der Waals surface area (Å²) in [4.78, 5) is 20.7. The number of hydrogen-bond acceptors (Lipinski definition) is 3. The summed E-state index contributed by atoms with van der Waals surface area (Å²) in [5.41, 5.74) is 0.644. The predicted octanol–water partition coefficient (Wildman–Crippen LogP) is 3.10. The van der Waals surface area contributed by atoms with Crippen molar-refractivity contribution >= 4 is 35.8 Å². The van der Waals surface area contributed by atoms with Gasteiger partial charge in [-0.15, -0.1) is 24.0 Å². The molecule has 0 bridgehead atoms. The summed E-state index contributed by atoms with van der Waals surface area (Å²) in [6.07, 6.45) is 3.46. The molecule has 2 fully saturated rings. The van der Waals surface area contributed by atoms with Crippen LogP contribution >= 0.6 is 24.0 Å². The van der Waals surface area contributed by atoms with Crippen molar-refractivity contribution in [2.45, 2.75) is 18.3 Å². The number of carbonyl (C=O) groups excluding carboxylic acids is 1. The van der Waals surface area contributed by atoms with E-state index in [9.17, 15) is 9.18 Å². The molecule has 1 N–H and O–H groups in total. The molecule has 6 nitrogen and oxygen atoms in total. The van der Waals surface area contributed by atoms with Gasteiger partial charge in [0.05, 0.1) is 6.26 Å². The number of rotatable bonds is 4. The highest BCUT2D eigenvalue weighted by Crippen LogP contribution is 2.48. The van der Waals surface area contributed by atoms with Crippen molar-refractivity contribution in [2.75, 3.05) is 39.8 Å². The second-order valence-electron chi connectivity index (χ2n) is 7.42. The van der Waals surface area contributed by atoms with Gasteiger partial charge in [-0.3, -0.25) is 9.79 Å². The smallest absolute Gasteiger partial charge is 0.289 e. The Labute approximate surface area is 187 Å². The van der Waals surface area contributed by atoms with E-state index in [4.69, 9.17) is 4.42 Å². The van der Waals surface area contributed by atoms with Gasteiger partial charge in [0.2, 0.25) is 0 Å². The molecule has 1 saturated carbocycles. The number of halogens is 2. The van der Waals surface area contributed by atoms with Crippen LogP contribution in [0.15, 0.2) is 52.1 Å². The number of guanidine groups is 1. The quantitative estimate of drug-likeness (QED) is 0.389. The van der Waals surface area contributed by atoms with Crippen LogP contribution in [0.3, 0.4) is 0 Å². The van der Waals surface area contributed by atoms with Crippen molar-refractivity contribution in [1.82, 2.24) is 15.1 Å². The van der Waals surface area contributed by atoms with Gasteiger partial charge in [0, 0.05) is 45.2 Å². The van der Waals surface area contributed by atoms with E-state index in [-0.39, 0.29) is 41.1 Å². The molecular weight excluding hydrogens is 486 g/mol. The maximum atomic E-state index is 14.2. The van der Waals surface area contributed by atoms with Gasteiger partial charge in [-0.05, 0) is 36.6 Å². The molecule has 1 saturated heterocycles. The standard InChI is InChI=1S/C21H25FN4O2.HI/c1-23-20(24-15-21(8-9-21)16-5-2-3-6-17(16)22)26-12-10-25(11-13-26)19(27)18-7-4-14-28-18;/h2-7,14H,8-13,15H2,1H3,(H,23,24);1H. The average molecular weight is 512 g/mol. The van der Waals surface area contributed by atoms with Crippen LogP contribution in [-0.2, 0) is 5.41 Å². The summed E-state index contributed by atoms with van der Waals surface area (Å²) in [7, 11) is 1.76. The highest BCUT2D eigenvalue weighted by Gasteiger charge is 2.46. The van der Waals surface area contributed by atoms with Crippen molar-refractivity contribution in [3.8, 4) is 0 Å². The van der Waals surface area contributed by atoms with E-state index in [2.05, 4.69) is 15.2 Å². The van der Waals surface area contributed by atoms with E-state index in [0.29, 0.717) is 38.5 Å². The molecule has 29 heavy (non-hydrogen) atoms. The largest absolute Gasteiger partial charge is 0.459 e. The van der Waals surface area contributed by atoms with E-state index in [1.165, 1.54) is 12.3 Å². The number of nitrogens with one attached hydrogen (secondary N) is 1. The van der Waals surface area contributed by atoms with Gasteiger partial charge >= 0.3 is 0 Å². The third-order valence-electron chi connectivity index (χ3n) is 5.69. The summed E-state index contributed by atoms with van der Waals surface area (Å²) >= 11 is 0. The van der Waals surface area contributed by atoms with Gasteiger partial charge in [0.1, 0.15) is 5.82 Å². The Morgan fingerprint density at radius 3 is 2.41 bits per heavy atom. The maximum absolute atomic E-state index is 14.2. The molecule has 4 rings (SSSR count). The van der Waals surface area contributed by atoms with Gasteiger partial charge in [0.25, 0.3) is 5.91 Å². The van der Waals surface area contributed by atoms with Crippen LogP contribution in [-0.4, -0.2) is 61.4 Å². The lowest BCUT2D eigenvalue weighted by Crippen LogP contribution is -2.54. The third kappa shape index (κ3) is 4.57. The van der Waals surface area contributed by atoms with Crippen LogP contribution in [0.4, 0.5) is 4.39 Å². The molecule has 1 aromatic carbocycles. The fraction of sp³-hybridized carbons (Fsp3) is 0.429. The second-order valence-corrected chi connectivity index (χ2v) is 7.42. The average Bonchev–Trinajstić information content (AvgIpc) is 3.30. The summed E-state index contributed by atoms with van der Waals surface area (Å²) in [6.45, 7) is 3.27. The number of benzene rings is 1. The first kappa shape index (κ1) is 21.6. The lowest BCUT2D eigenvalue weighted by molar-refractivity contribution is 0.0657. The molecule has 1 aliphatic heterocycles. The third-order valence-corrected chi connectivity index (χ3v) is 5.69. The molecule has 1 aromatic heterocycles. The minimum atomic E-state index is -0.141. The van der Waals surface area contributed by atoms with E-state index in [1.807, 2.05) is 12.1 Å². The van der Waals surface area contributed by atoms with E-state index >= 15 is 0 Å². The molecule has 2 heterocycles. The maximum Gasteiger partial charge on any atom is 0.289 e. The summed E-state index contributed by atoms with van der Waals surface area (Å²) in [5, 5.41) is 3.43. The fourth-order valence-electron chi connectivity index (χ4n) is 3.84. The number of hydrogen-bond donors (Lipinski definition) is 1. The highest BCUT2D eigenvalue weighted by atomic mass is 127. The Hall–Kier alpha value is -2.10. The van der Waals surface area contributed by atoms with Crippen LogP contribution in [0.25, 0.3) is 0 Å². The Morgan fingerprint density at radius 2 is 1.83 bits per heavy atom. The van der Waals surface area contributed by atoms with E-state index in [1.54, 1.807) is 30.1 Å². The zero-order valence-electron chi connectivity index (χ0n) is 16.4. The zero-order chi connectivity index (χ0) is 19.6. The zero-order valence-corrected chi connectivity index (χ0v) is 18.8. The van der Waals surface area contributed by atoms with Gasteiger partial charge in [-0.2, -0.15) is 0 Å². The van der Waals surface area contributed by atoms with Crippen molar-refractivity contribution in [3.63, 3.8) is 0 Å². The van der Waals surface area contributed by atoms with Crippen LogP contribution in [0.2, 0.25) is 0 Å². The predicted molar refractivity (Wildman–Crippen MR) is 120 cm³/mol. The summed E-state index contributed by atoms with van der Waals surface area (Å²) < 4.78 is 19.4. The molecule has 0 atom stereocenters. The van der Waals surface area contributed by atoms with Crippen LogP contribution < -0.4 is 5.32 Å². The summed E-state index contributed by atoms with van der Waals surface area (Å²) in [5.74, 6) is 0.954. The van der Waals surface area contributed by atoms with Crippen molar-refractivity contribution in [1.29, 1.82) is 0 Å². The minimum absolute atomic E-state index is 0. The lowest BCUT2D eigenvalue weighted by Gasteiger charge is -2.36. The molecule has 156 valence electrons. The van der Waals surface area contributed by atoms with Crippen LogP contribution in [0.5, 0.6) is 0 Å². The van der Waals surface area contributed by atoms with Crippen molar-refractivity contribution in [2.24, 2.45) is 4.99 Å². The molecule has 0 unspecified atom stereocenters. The van der Waals surface area contributed by atoms with Crippen molar-refractivity contribution < 1.29 is 13.6 Å². The monoisotopic (exact) mass is 512 g/mol.